The maximum absolute atomic E-state index is 2.61. The average Bonchev–Trinajstić information content (AvgIpc) is 3.04. The highest BCUT2D eigenvalue weighted by molar-refractivity contribution is 4.67. The van der Waals surface area contributed by atoms with Gasteiger partial charge in [0.25, 0.3) is 0 Å². The number of unbranched alkanes of at least 4 members (excludes halogenated alkanes) is 2. The fourth-order valence-corrected chi connectivity index (χ4v) is 3.85. The largest absolute Gasteiger partial charge is 0.303 e. The molecule has 2 heteroatoms. The molecule has 26 heavy (non-hydrogen) atoms. The van der Waals surface area contributed by atoms with Crippen LogP contribution in [-0.4, -0.2) is 48.1 Å². The van der Waals surface area contributed by atoms with Crippen LogP contribution in [0.3, 0.4) is 0 Å². The first-order valence-electron chi connectivity index (χ1n) is 11.7. The van der Waals surface area contributed by atoms with Crippen LogP contribution in [0, 0.1) is 11.8 Å². The van der Waals surface area contributed by atoms with Gasteiger partial charge >= 0.3 is 0 Å². The van der Waals surface area contributed by atoms with Crippen molar-refractivity contribution in [3.8, 4) is 0 Å². The number of hydrogen-bond donors (Lipinski definition) is 0. The van der Waals surface area contributed by atoms with Gasteiger partial charge < -0.3 is 4.90 Å². The normalized spacial score (nSPS) is 15.6. The Bertz CT molecular complexity index is 283. The Hall–Kier alpha value is -0.0800. The zero-order valence-corrected chi connectivity index (χ0v) is 19.7. The van der Waals surface area contributed by atoms with Crippen LogP contribution in [0.5, 0.6) is 0 Å². The second kappa shape index (κ2) is 15.9. The van der Waals surface area contributed by atoms with Gasteiger partial charge in [0.2, 0.25) is 0 Å². The van der Waals surface area contributed by atoms with E-state index in [0.717, 1.165) is 11.8 Å². The molecule has 0 radical (unpaired) electrons. The van der Waals surface area contributed by atoms with Gasteiger partial charge in [-0.2, -0.15) is 0 Å². The molecule has 0 aromatic carbocycles. The first-order chi connectivity index (χ1) is 12.2. The lowest BCUT2D eigenvalue weighted by molar-refractivity contribution is 0.170. The molecular weight excluding hydrogens is 316 g/mol. The van der Waals surface area contributed by atoms with Gasteiger partial charge in [-0.25, -0.2) is 0 Å². The third kappa shape index (κ3) is 15.0. The predicted molar refractivity (Wildman–Crippen MR) is 120 cm³/mol. The van der Waals surface area contributed by atoms with E-state index in [2.05, 4.69) is 65.2 Å². The Morgan fingerprint density at radius 2 is 1.12 bits per heavy atom. The Labute approximate surface area is 167 Å². The number of hydrogen-bond acceptors (Lipinski definition) is 2. The van der Waals surface area contributed by atoms with E-state index in [-0.39, 0.29) is 0 Å². The van der Waals surface area contributed by atoms with Gasteiger partial charge in [0.05, 0.1) is 0 Å². The Kier molecular flexibility index (Phi) is 15.9. The minimum Gasteiger partial charge on any atom is -0.303 e. The van der Waals surface area contributed by atoms with Crippen LogP contribution >= 0.6 is 0 Å². The van der Waals surface area contributed by atoms with E-state index in [0.29, 0.717) is 12.1 Å². The molecule has 0 aromatic rings. The van der Waals surface area contributed by atoms with Gasteiger partial charge in [0.15, 0.2) is 0 Å². The quantitative estimate of drug-likeness (QED) is 0.348. The van der Waals surface area contributed by atoms with Crippen LogP contribution in [0.4, 0.5) is 0 Å². The van der Waals surface area contributed by atoms with Gasteiger partial charge in [-0.3, -0.25) is 4.90 Å². The van der Waals surface area contributed by atoms with E-state index in [1.54, 1.807) is 0 Å². The predicted octanol–water partition coefficient (Wildman–Crippen LogP) is 6.84. The maximum atomic E-state index is 2.61. The van der Waals surface area contributed by atoms with Crippen LogP contribution in [-0.2, 0) is 0 Å². The van der Waals surface area contributed by atoms with Gasteiger partial charge in [0.1, 0.15) is 0 Å². The lowest BCUT2D eigenvalue weighted by atomic mass is 10.1. The molecule has 1 heterocycles. The molecule has 1 aliphatic heterocycles. The number of nitrogens with zero attached hydrogens (tertiary/aromatic N) is 2. The van der Waals surface area contributed by atoms with Crippen LogP contribution in [0.1, 0.15) is 107 Å². The van der Waals surface area contributed by atoms with Crippen molar-refractivity contribution in [2.75, 3.05) is 26.2 Å². The van der Waals surface area contributed by atoms with E-state index in [4.69, 9.17) is 0 Å². The van der Waals surface area contributed by atoms with Crippen LogP contribution in [0.2, 0.25) is 0 Å². The molecule has 0 spiro atoms. The summed E-state index contributed by atoms with van der Waals surface area (Å²) in [7, 11) is 0. The minimum absolute atomic E-state index is 0.689. The first kappa shape index (κ1) is 25.9. The fraction of sp³-hybridized carbons (Fsp3) is 1.00. The minimum atomic E-state index is 0.689. The molecule has 0 bridgehead atoms. The third-order valence-electron chi connectivity index (χ3n) is 5.48. The average molecular weight is 369 g/mol. The van der Waals surface area contributed by atoms with Crippen LogP contribution < -0.4 is 0 Å². The maximum Gasteiger partial charge on any atom is 0.00412 e. The highest BCUT2D eigenvalue weighted by atomic mass is 15.2. The molecule has 1 fully saturated rings. The van der Waals surface area contributed by atoms with Crippen molar-refractivity contribution in [2.24, 2.45) is 11.8 Å². The van der Waals surface area contributed by atoms with E-state index in [9.17, 15) is 0 Å². The Morgan fingerprint density at radius 1 is 0.654 bits per heavy atom. The molecule has 1 saturated heterocycles. The van der Waals surface area contributed by atoms with E-state index >= 15 is 0 Å². The second-order valence-corrected chi connectivity index (χ2v) is 9.75. The van der Waals surface area contributed by atoms with Crippen molar-refractivity contribution in [2.45, 2.75) is 119 Å². The highest BCUT2D eigenvalue weighted by Gasteiger charge is 2.12. The molecule has 1 rings (SSSR count). The van der Waals surface area contributed by atoms with E-state index < -0.39 is 0 Å². The summed E-state index contributed by atoms with van der Waals surface area (Å²) in [4.78, 5) is 5.20. The summed E-state index contributed by atoms with van der Waals surface area (Å²) in [5.41, 5.74) is 0. The summed E-state index contributed by atoms with van der Waals surface area (Å²) < 4.78 is 0. The molecule has 158 valence electrons. The molecule has 0 saturated carbocycles. The zero-order valence-electron chi connectivity index (χ0n) is 19.7. The van der Waals surface area contributed by atoms with E-state index in [1.807, 2.05) is 0 Å². The molecule has 0 unspecified atom stereocenters. The lowest BCUT2D eigenvalue weighted by Gasteiger charge is -2.30. The molecule has 0 aliphatic carbocycles. The van der Waals surface area contributed by atoms with Crippen molar-refractivity contribution in [3.63, 3.8) is 0 Å². The fourth-order valence-electron chi connectivity index (χ4n) is 3.85. The van der Waals surface area contributed by atoms with Crippen molar-refractivity contribution in [3.05, 3.63) is 0 Å². The van der Waals surface area contributed by atoms with Crippen molar-refractivity contribution in [1.29, 1.82) is 0 Å². The molecule has 0 atom stereocenters. The van der Waals surface area contributed by atoms with Crippen molar-refractivity contribution < 1.29 is 0 Å². The van der Waals surface area contributed by atoms with Crippen LogP contribution in [0.25, 0.3) is 0 Å². The molecule has 0 N–H and O–H groups in total. The second-order valence-electron chi connectivity index (χ2n) is 9.75. The smallest absolute Gasteiger partial charge is 0.00412 e. The zero-order chi connectivity index (χ0) is 19.9. The van der Waals surface area contributed by atoms with Gasteiger partial charge in [0, 0.05) is 12.1 Å². The summed E-state index contributed by atoms with van der Waals surface area (Å²) >= 11 is 0. The third-order valence-corrected chi connectivity index (χ3v) is 5.48. The first-order valence-corrected chi connectivity index (χ1v) is 11.7. The summed E-state index contributed by atoms with van der Waals surface area (Å²) in [6.07, 6.45) is 11.2. The molecule has 0 aromatic heterocycles. The Morgan fingerprint density at radius 3 is 1.54 bits per heavy atom. The standard InChI is InChI=1S/C13H29N.C11H23N/c1-11(2)9-7-8-10-14(12(3)4)13(5)6;1-11(2)7-3-4-8-12-9-5-6-10-12/h11-13H,7-10H2,1-6H3;11H,3-10H2,1-2H3. The number of likely N-dealkylation sites (tertiary alicyclic amines) is 1. The summed E-state index contributed by atoms with van der Waals surface area (Å²) in [6.45, 7) is 23.8. The van der Waals surface area contributed by atoms with Gasteiger partial charge in [-0.15, -0.1) is 0 Å². The summed E-state index contributed by atoms with van der Waals surface area (Å²) in [5, 5.41) is 0. The van der Waals surface area contributed by atoms with Gasteiger partial charge in [-0.1, -0.05) is 53.4 Å². The van der Waals surface area contributed by atoms with Gasteiger partial charge in [-0.05, 0) is 91.4 Å². The van der Waals surface area contributed by atoms with Crippen molar-refractivity contribution in [1.82, 2.24) is 9.80 Å². The highest BCUT2D eigenvalue weighted by Crippen LogP contribution is 2.12. The van der Waals surface area contributed by atoms with Crippen LogP contribution in [0.15, 0.2) is 0 Å². The van der Waals surface area contributed by atoms with E-state index in [1.165, 1.54) is 77.5 Å². The number of rotatable bonds is 12. The SMILES string of the molecule is CC(C)CCCCN(C(C)C)C(C)C.CC(C)CCCCN1CCCC1. The molecular formula is C24H52N2. The molecule has 2 nitrogen and oxygen atoms in total. The molecule has 0 amide bonds. The lowest BCUT2D eigenvalue weighted by Crippen LogP contribution is -2.37. The Balaban J connectivity index is 0.000000485. The van der Waals surface area contributed by atoms with Crippen molar-refractivity contribution >= 4 is 0 Å². The summed E-state index contributed by atoms with van der Waals surface area (Å²) in [5.74, 6) is 1.75. The summed E-state index contributed by atoms with van der Waals surface area (Å²) in [6, 6.07) is 1.38. The topological polar surface area (TPSA) is 6.48 Å². The molecule has 1 aliphatic rings. The monoisotopic (exact) mass is 368 g/mol.